The molecule has 0 aromatic heterocycles. The molecule has 42 heavy (non-hydrogen) atoms. The Balaban J connectivity index is 1.82. The van der Waals surface area contributed by atoms with Crippen LogP contribution in [0.15, 0.2) is 12.1 Å². The molecule has 1 aromatic carbocycles. The molecule has 1 aromatic rings. The van der Waals surface area contributed by atoms with Gasteiger partial charge in [0.15, 0.2) is 5.40 Å². The van der Waals surface area contributed by atoms with Crippen molar-refractivity contribution in [3.8, 4) is 11.5 Å². The molecule has 0 aliphatic carbocycles. The summed E-state index contributed by atoms with van der Waals surface area (Å²) in [6.45, 7) is 13.4. The number of benzene rings is 1. The predicted octanol–water partition coefficient (Wildman–Crippen LogP) is 7.88. The average molecular weight is 633 g/mol. The third-order valence-corrected chi connectivity index (χ3v) is 12.4. The third kappa shape index (κ3) is 12.8. The van der Waals surface area contributed by atoms with Gasteiger partial charge in [-0.3, -0.25) is 13.9 Å². The topological polar surface area (TPSA) is 151 Å². The van der Waals surface area contributed by atoms with Crippen molar-refractivity contribution < 1.29 is 43.0 Å². The van der Waals surface area contributed by atoms with Gasteiger partial charge in [-0.25, -0.2) is 0 Å². The normalized spacial score (nSPS) is 19.0. The summed E-state index contributed by atoms with van der Waals surface area (Å²) in [6.07, 6.45) is 11.5. The Labute approximate surface area is 252 Å². The monoisotopic (exact) mass is 632 g/mol. The molecular formula is C31H54O9P2. The minimum Gasteiger partial charge on any atom is -0.487 e. The molecule has 0 bridgehead atoms. The fourth-order valence-electron chi connectivity index (χ4n) is 5.84. The SMILES string of the molecule is Cc1cc(OC(=O)CCC(P(=O)(O)O)P(=O)(O)O)cc2c1OC(C)(CCCC(C)CCCC(C)CCCC(C)C)CC2. The summed E-state index contributed by atoms with van der Waals surface area (Å²) in [4.78, 5) is 49.3. The van der Waals surface area contributed by atoms with E-state index in [9.17, 15) is 33.5 Å². The van der Waals surface area contributed by atoms with Gasteiger partial charge in [-0.05, 0) is 87.0 Å². The van der Waals surface area contributed by atoms with Crippen LogP contribution in [0, 0.1) is 24.7 Å². The van der Waals surface area contributed by atoms with Gasteiger partial charge in [-0.15, -0.1) is 0 Å². The maximum atomic E-state index is 12.3. The summed E-state index contributed by atoms with van der Waals surface area (Å²) in [6, 6.07) is 3.41. The highest BCUT2D eigenvalue weighted by Gasteiger charge is 2.43. The quantitative estimate of drug-likeness (QED) is 0.0719. The van der Waals surface area contributed by atoms with E-state index < -0.39 is 39.4 Å². The molecule has 1 aliphatic heterocycles. The van der Waals surface area contributed by atoms with Crippen LogP contribution in [0.5, 0.6) is 11.5 Å². The van der Waals surface area contributed by atoms with E-state index in [0.29, 0.717) is 5.92 Å². The van der Waals surface area contributed by atoms with E-state index >= 15 is 0 Å². The van der Waals surface area contributed by atoms with Crippen LogP contribution >= 0.6 is 15.2 Å². The Kier molecular flexibility index (Phi) is 14.3. The molecule has 0 saturated carbocycles. The molecule has 0 amide bonds. The number of hydrogen-bond acceptors (Lipinski definition) is 5. The van der Waals surface area contributed by atoms with Crippen molar-refractivity contribution in [3.05, 3.63) is 23.3 Å². The predicted molar refractivity (Wildman–Crippen MR) is 166 cm³/mol. The molecule has 0 radical (unpaired) electrons. The largest absolute Gasteiger partial charge is 0.487 e. The maximum Gasteiger partial charge on any atom is 0.340 e. The molecule has 4 N–H and O–H groups in total. The first kappa shape index (κ1) is 37.0. The maximum absolute atomic E-state index is 12.3. The number of carbonyl (C=O) groups excluding carboxylic acids is 1. The van der Waals surface area contributed by atoms with Crippen LogP contribution in [0.25, 0.3) is 0 Å². The molecule has 1 heterocycles. The fourth-order valence-corrected chi connectivity index (χ4v) is 8.34. The summed E-state index contributed by atoms with van der Waals surface area (Å²) >= 11 is 0. The highest BCUT2D eigenvalue weighted by atomic mass is 31.2. The van der Waals surface area contributed by atoms with Crippen molar-refractivity contribution in [2.45, 2.75) is 136 Å². The zero-order chi connectivity index (χ0) is 31.7. The van der Waals surface area contributed by atoms with Crippen molar-refractivity contribution in [1.29, 1.82) is 0 Å². The van der Waals surface area contributed by atoms with E-state index in [2.05, 4.69) is 34.6 Å². The lowest BCUT2D eigenvalue weighted by Gasteiger charge is -2.37. The lowest BCUT2D eigenvalue weighted by Crippen LogP contribution is -2.36. The van der Waals surface area contributed by atoms with Gasteiger partial charge in [0.05, 0.1) is 0 Å². The zero-order valence-corrected chi connectivity index (χ0v) is 28.2. The summed E-state index contributed by atoms with van der Waals surface area (Å²) in [5.74, 6) is 2.55. The Morgan fingerprint density at radius 2 is 1.45 bits per heavy atom. The van der Waals surface area contributed by atoms with Gasteiger partial charge in [0.2, 0.25) is 0 Å². The van der Waals surface area contributed by atoms with Gasteiger partial charge in [0.25, 0.3) is 0 Å². The van der Waals surface area contributed by atoms with Crippen LogP contribution in [0.2, 0.25) is 0 Å². The van der Waals surface area contributed by atoms with Crippen molar-refractivity contribution >= 4 is 21.2 Å². The smallest absolute Gasteiger partial charge is 0.340 e. The zero-order valence-electron chi connectivity index (χ0n) is 26.4. The van der Waals surface area contributed by atoms with Gasteiger partial charge in [-0.1, -0.05) is 72.6 Å². The van der Waals surface area contributed by atoms with Crippen LogP contribution < -0.4 is 9.47 Å². The van der Waals surface area contributed by atoms with E-state index in [0.717, 1.165) is 54.4 Å². The van der Waals surface area contributed by atoms with Crippen LogP contribution in [-0.4, -0.2) is 36.5 Å². The number of esters is 1. The van der Waals surface area contributed by atoms with Gasteiger partial charge in [0.1, 0.15) is 17.1 Å². The second kappa shape index (κ2) is 16.2. The summed E-state index contributed by atoms with van der Waals surface area (Å²) in [5.41, 5.74) is 1.48. The van der Waals surface area contributed by atoms with Crippen molar-refractivity contribution in [2.75, 3.05) is 0 Å². The molecule has 1 aliphatic rings. The molecule has 9 nitrogen and oxygen atoms in total. The van der Waals surface area contributed by atoms with Crippen molar-refractivity contribution in [3.63, 3.8) is 0 Å². The first-order valence-electron chi connectivity index (χ1n) is 15.5. The highest BCUT2D eigenvalue weighted by Crippen LogP contribution is 2.61. The molecule has 0 spiro atoms. The number of ether oxygens (including phenoxy) is 2. The van der Waals surface area contributed by atoms with Crippen molar-refractivity contribution in [2.24, 2.45) is 17.8 Å². The number of hydrogen-bond donors (Lipinski definition) is 4. The first-order valence-corrected chi connectivity index (χ1v) is 18.9. The lowest BCUT2D eigenvalue weighted by atomic mass is 9.85. The Morgan fingerprint density at radius 1 is 0.905 bits per heavy atom. The van der Waals surface area contributed by atoms with E-state index in [1.54, 1.807) is 12.1 Å². The van der Waals surface area contributed by atoms with E-state index in [4.69, 9.17) is 9.47 Å². The second-order valence-electron chi connectivity index (χ2n) is 13.3. The molecule has 0 fully saturated rings. The molecular weight excluding hydrogens is 578 g/mol. The Hall–Kier alpha value is -1.21. The van der Waals surface area contributed by atoms with E-state index in [1.165, 1.54) is 44.9 Å². The second-order valence-corrected chi connectivity index (χ2v) is 17.3. The summed E-state index contributed by atoms with van der Waals surface area (Å²) < 4.78 is 34.8. The number of carbonyl (C=O) groups is 1. The molecule has 3 unspecified atom stereocenters. The third-order valence-electron chi connectivity index (χ3n) is 8.49. The summed E-state index contributed by atoms with van der Waals surface area (Å²) in [7, 11) is -10.2. The van der Waals surface area contributed by atoms with Gasteiger partial charge >= 0.3 is 21.2 Å². The molecule has 11 heteroatoms. The Bertz CT molecular complexity index is 1090. The number of rotatable bonds is 18. The van der Waals surface area contributed by atoms with Crippen LogP contribution in [0.4, 0.5) is 0 Å². The van der Waals surface area contributed by atoms with Crippen molar-refractivity contribution in [1.82, 2.24) is 0 Å². The van der Waals surface area contributed by atoms with Gasteiger partial charge < -0.3 is 29.0 Å². The molecule has 2 rings (SSSR count). The van der Waals surface area contributed by atoms with Gasteiger partial charge in [-0.2, -0.15) is 0 Å². The summed E-state index contributed by atoms with van der Waals surface area (Å²) in [5, 5.41) is -2.23. The number of fused-ring (bicyclic) bond motifs is 1. The molecule has 242 valence electrons. The molecule has 3 atom stereocenters. The minimum atomic E-state index is -5.09. The van der Waals surface area contributed by atoms with E-state index in [-0.39, 0.29) is 11.4 Å². The standard InChI is InChI=1S/C31H54O9P2/c1-22(2)10-7-11-23(3)12-8-13-24(4)14-9-18-31(6)19-17-26-21-27(20-25(5)30(26)40-31)39-28(32)15-16-29(41(33,34)35)42(36,37)38/h20-24,29H,7-19H2,1-6H3,(H2,33,34,35)(H2,36,37,38). The average Bonchev–Trinajstić information content (AvgIpc) is 2.83. The number of aryl methyl sites for hydroxylation is 2. The highest BCUT2D eigenvalue weighted by molar-refractivity contribution is 7.70. The van der Waals surface area contributed by atoms with Crippen LogP contribution in [-0.2, 0) is 20.3 Å². The Morgan fingerprint density at radius 3 is 2.00 bits per heavy atom. The minimum absolute atomic E-state index is 0.263. The van der Waals surface area contributed by atoms with Gasteiger partial charge in [0, 0.05) is 6.42 Å². The van der Waals surface area contributed by atoms with E-state index in [1.807, 2.05) is 6.92 Å². The first-order chi connectivity index (χ1) is 19.4. The molecule has 0 saturated heterocycles. The van der Waals surface area contributed by atoms with Crippen LogP contribution in [0.3, 0.4) is 0 Å². The fraction of sp³-hybridized carbons (Fsp3) is 0.774. The van der Waals surface area contributed by atoms with Crippen LogP contribution in [0.1, 0.15) is 123 Å². The lowest BCUT2D eigenvalue weighted by molar-refractivity contribution is -0.134.